The molecule has 0 saturated heterocycles. The zero-order valence-corrected chi connectivity index (χ0v) is 14.6. The third-order valence-corrected chi connectivity index (χ3v) is 2.98. The third kappa shape index (κ3) is 6.78. The van der Waals surface area contributed by atoms with Crippen molar-refractivity contribution < 1.29 is 19.1 Å². The zero-order chi connectivity index (χ0) is 17.6. The van der Waals surface area contributed by atoms with Crippen molar-refractivity contribution in [3.63, 3.8) is 0 Å². The average Bonchev–Trinajstić information content (AvgIpc) is 2.40. The van der Waals surface area contributed by atoms with Crippen LogP contribution in [0.25, 0.3) is 0 Å². The van der Waals surface area contributed by atoms with Crippen LogP contribution in [-0.2, 0) is 20.8 Å². The number of benzene rings is 1. The fourth-order valence-corrected chi connectivity index (χ4v) is 1.99. The Morgan fingerprint density at radius 3 is 2.52 bits per heavy atom. The number of anilines is 1. The summed E-state index contributed by atoms with van der Waals surface area (Å²) in [5.74, 6) is -0.515. The number of halogens is 1. The maximum atomic E-state index is 12.3. The molecule has 7 heteroatoms. The number of amides is 1. The molecule has 1 aromatic carbocycles. The van der Waals surface area contributed by atoms with Crippen molar-refractivity contribution in [3.05, 3.63) is 28.8 Å². The number of rotatable bonds is 5. The van der Waals surface area contributed by atoms with Gasteiger partial charge in [0.2, 0.25) is 0 Å². The fourth-order valence-electron chi connectivity index (χ4n) is 1.79. The van der Waals surface area contributed by atoms with Crippen molar-refractivity contribution in [3.8, 4) is 0 Å². The average molecular weight is 343 g/mol. The van der Waals surface area contributed by atoms with Gasteiger partial charge in [0.25, 0.3) is 0 Å². The van der Waals surface area contributed by atoms with Crippen LogP contribution in [0.1, 0.15) is 33.3 Å². The lowest BCUT2D eigenvalue weighted by atomic mass is 10.1. The number of carbonyl (C=O) groups is 2. The van der Waals surface area contributed by atoms with Gasteiger partial charge in [-0.05, 0) is 51.5 Å². The first-order valence-electron chi connectivity index (χ1n) is 7.30. The predicted molar refractivity (Wildman–Crippen MR) is 89.1 cm³/mol. The second kappa shape index (κ2) is 8.06. The van der Waals surface area contributed by atoms with Gasteiger partial charge < -0.3 is 15.2 Å². The molecule has 1 amide bonds. The Labute approximate surface area is 141 Å². The summed E-state index contributed by atoms with van der Waals surface area (Å²) in [6.07, 6.45) is -0.620. The normalized spacial score (nSPS) is 11.0. The monoisotopic (exact) mass is 342 g/mol. The minimum absolute atomic E-state index is 0.0973. The highest BCUT2D eigenvalue weighted by Crippen LogP contribution is 2.21. The lowest BCUT2D eigenvalue weighted by Gasteiger charge is -2.27. The summed E-state index contributed by atoms with van der Waals surface area (Å²) in [4.78, 5) is 25.3. The van der Waals surface area contributed by atoms with E-state index < -0.39 is 17.7 Å². The van der Waals surface area contributed by atoms with Crippen LogP contribution in [-0.4, -0.2) is 35.7 Å². The van der Waals surface area contributed by atoms with Crippen molar-refractivity contribution in [2.24, 2.45) is 0 Å². The van der Waals surface area contributed by atoms with Crippen LogP contribution in [0, 0.1) is 0 Å². The van der Waals surface area contributed by atoms with E-state index in [1.807, 2.05) is 0 Å². The van der Waals surface area contributed by atoms with E-state index in [9.17, 15) is 9.59 Å². The summed E-state index contributed by atoms with van der Waals surface area (Å²) in [6, 6.07) is 4.96. The molecule has 1 aromatic rings. The maximum Gasteiger partial charge on any atom is 0.411 e. The van der Waals surface area contributed by atoms with Gasteiger partial charge in [0, 0.05) is 10.7 Å². The second-order valence-corrected chi connectivity index (χ2v) is 6.42. The highest BCUT2D eigenvalue weighted by atomic mass is 35.5. The lowest BCUT2D eigenvalue weighted by Crippen LogP contribution is -2.40. The van der Waals surface area contributed by atoms with Crippen molar-refractivity contribution in [1.29, 1.82) is 0 Å². The van der Waals surface area contributed by atoms with E-state index in [-0.39, 0.29) is 19.7 Å². The molecule has 23 heavy (non-hydrogen) atoms. The quantitative estimate of drug-likeness (QED) is 0.656. The minimum Gasteiger partial charge on any atom is -0.465 e. The van der Waals surface area contributed by atoms with Crippen LogP contribution in [0.5, 0.6) is 0 Å². The standard InChI is InChI=1S/C16H23ClN2O4/c1-5-22-14(20)10-19(15(21)23-16(2,3)4)9-11-8-12(17)6-7-13(11)18/h6-8H,5,9-10,18H2,1-4H3. The fraction of sp³-hybridized carbons (Fsp3) is 0.500. The Hall–Kier alpha value is -1.95. The van der Waals surface area contributed by atoms with Crippen molar-refractivity contribution in [2.45, 2.75) is 39.8 Å². The van der Waals surface area contributed by atoms with E-state index in [2.05, 4.69) is 0 Å². The first-order valence-corrected chi connectivity index (χ1v) is 7.67. The Bertz CT molecular complexity index is 570. The van der Waals surface area contributed by atoms with Gasteiger partial charge >= 0.3 is 12.1 Å². The smallest absolute Gasteiger partial charge is 0.411 e. The predicted octanol–water partition coefficient (Wildman–Crippen LogP) is 3.22. The van der Waals surface area contributed by atoms with E-state index >= 15 is 0 Å². The number of carbonyl (C=O) groups excluding carboxylic acids is 2. The largest absolute Gasteiger partial charge is 0.465 e. The summed E-state index contributed by atoms with van der Waals surface area (Å²) in [5, 5.41) is 0.495. The molecule has 0 aliphatic rings. The SMILES string of the molecule is CCOC(=O)CN(Cc1cc(Cl)ccc1N)C(=O)OC(C)(C)C. The molecule has 0 heterocycles. The minimum atomic E-state index is -0.677. The lowest BCUT2D eigenvalue weighted by molar-refractivity contribution is -0.144. The van der Waals surface area contributed by atoms with E-state index in [0.717, 1.165) is 0 Å². The highest BCUT2D eigenvalue weighted by molar-refractivity contribution is 6.30. The molecule has 0 bridgehead atoms. The molecule has 0 aliphatic heterocycles. The number of hydrogen-bond donors (Lipinski definition) is 1. The molecule has 1 rings (SSSR count). The van der Waals surface area contributed by atoms with Gasteiger partial charge in [-0.2, -0.15) is 0 Å². The van der Waals surface area contributed by atoms with E-state index in [0.29, 0.717) is 16.3 Å². The van der Waals surface area contributed by atoms with Crippen LogP contribution in [0.2, 0.25) is 5.02 Å². The van der Waals surface area contributed by atoms with Crippen molar-refractivity contribution >= 4 is 29.4 Å². The molecule has 0 atom stereocenters. The van der Waals surface area contributed by atoms with Gasteiger partial charge in [0.15, 0.2) is 0 Å². The van der Waals surface area contributed by atoms with Gasteiger partial charge in [-0.3, -0.25) is 9.69 Å². The Morgan fingerprint density at radius 2 is 1.96 bits per heavy atom. The Balaban J connectivity index is 2.96. The molecule has 0 unspecified atom stereocenters. The van der Waals surface area contributed by atoms with Crippen LogP contribution < -0.4 is 5.73 Å². The molecule has 0 saturated carbocycles. The number of nitrogens with zero attached hydrogens (tertiary/aromatic N) is 1. The second-order valence-electron chi connectivity index (χ2n) is 5.98. The molecule has 0 radical (unpaired) electrons. The molecule has 0 spiro atoms. The molecular formula is C16H23ClN2O4. The Morgan fingerprint density at radius 1 is 1.30 bits per heavy atom. The van der Waals surface area contributed by atoms with E-state index in [4.69, 9.17) is 26.8 Å². The van der Waals surface area contributed by atoms with Crippen molar-refractivity contribution in [1.82, 2.24) is 4.90 Å². The molecule has 2 N–H and O–H groups in total. The van der Waals surface area contributed by atoms with E-state index in [1.54, 1.807) is 45.9 Å². The van der Waals surface area contributed by atoms with Crippen LogP contribution in [0.3, 0.4) is 0 Å². The number of nitrogens with two attached hydrogens (primary N) is 1. The van der Waals surface area contributed by atoms with E-state index in [1.165, 1.54) is 4.90 Å². The first kappa shape index (κ1) is 19.1. The summed E-state index contributed by atoms with van der Waals surface area (Å²) < 4.78 is 10.2. The van der Waals surface area contributed by atoms with Crippen LogP contribution in [0.15, 0.2) is 18.2 Å². The molecule has 0 aliphatic carbocycles. The first-order chi connectivity index (χ1) is 10.6. The topological polar surface area (TPSA) is 81.9 Å². The molecular weight excluding hydrogens is 320 g/mol. The molecule has 0 aromatic heterocycles. The van der Waals surface area contributed by atoms with Crippen molar-refractivity contribution in [2.75, 3.05) is 18.9 Å². The van der Waals surface area contributed by atoms with Gasteiger partial charge in [-0.1, -0.05) is 11.6 Å². The van der Waals surface area contributed by atoms with Crippen LogP contribution in [0.4, 0.5) is 10.5 Å². The zero-order valence-electron chi connectivity index (χ0n) is 13.9. The van der Waals surface area contributed by atoms with Crippen LogP contribution >= 0.6 is 11.6 Å². The number of ether oxygens (including phenoxy) is 2. The summed E-state index contributed by atoms with van der Waals surface area (Å²) in [6.45, 7) is 7.06. The van der Waals surface area contributed by atoms with Gasteiger partial charge in [-0.15, -0.1) is 0 Å². The van der Waals surface area contributed by atoms with Gasteiger partial charge in [-0.25, -0.2) is 4.79 Å². The van der Waals surface area contributed by atoms with Gasteiger partial charge in [0.05, 0.1) is 13.2 Å². The van der Waals surface area contributed by atoms with Gasteiger partial charge in [0.1, 0.15) is 12.1 Å². The molecule has 0 fully saturated rings. The molecule has 6 nitrogen and oxygen atoms in total. The third-order valence-electron chi connectivity index (χ3n) is 2.74. The number of hydrogen-bond acceptors (Lipinski definition) is 5. The summed E-state index contributed by atoms with van der Waals surface area (Å²) >= 11 is 5.96. The number of nitrogen functional groups attached to an aromatic ring is 1. The number of esters is 1. The highest BCUT2D eigenvalue weighted by Gasteiger charge is 2.25. The molecule has 128 valence electrons. The summed E-state index contributed by atoms with van der Waals surface area (Å²) in [5.41, 5.74) is 6.33. The maximum absolute atomic E-state index is 12.3. The Kier molecular flexibility index (Phi) is 6.69. The summed E-state index contributed by atoms with van der Waals surface area (Å²) in [7, 11) is 0.